The number of nitrogens with two attached hydrogens (primary N) is 1. The van der Waals surface area contributed by atoms with Gasteiger partial charge in [0.15, 0.2) is 6.61 Å². The number of hydrogen-bond acceptors (Lipinski definition) is 3. The minimum Gasteiger partial charge on any atom is -0.483 e. The first-order valence-corrected chi connectivity index (χ1v) is 5.39. The van der Waals surface area contributed by atoms with Gasteiger partial charge in [-0.2, -0.15) is 0 Å². The maximum Gasteiger partial charge on any atom is 0.257 e. The standard InChI is InChI=1S/C12H18N2O2/c1-3-14-12(15)8-16-11-7-5-4-6-10(11)9(2)13/h4-7,9H,3,8,13H2,1-2H3,(H,14,15)/t9-/m0/s1. The molecule has 0 heterocycles. The Kier molecular flexibility index (Phi) is 4.79. The Hall–Kier alpha value is -1.55. The molecule has 1 aromatic carbocycles. The van der Waals surface area contributed by atoms with Crippen LogP contribution in [0.2, 0.25) is 0 Å². The summed E-state index contributed by atoms with van der Waals surface area (Å²) in [6, 6.07) is 7.37. The molecule has 0 bridgehead atoms. The largest absolute Gasteiger partial charge is 0.483 e. The minimum atomic E-state index is -0.123. The van der Waals surface area contributed by atoms with Crippen molar-refractivity contribution in [2.24, 2.45) is 5.73 Å². The van der Waals surface area contributed by atoms with Crippen LogP contribution in [0.5, 0.6) is 5.75 Å². The first-order chi connectivity index (χ1) is 7.65. The number of hydrogen-bond donors (Lipinski definition) is 2. The van der Waals surface area contributed by atoms with E-state index in [0.29, 0.717) is 12.3 Å². The molecule has 1 aromatic rings. The summed E-state index contributed by atoms with van der Waals surface area (Å²) in [5, 5.41) is 2.67. The van der Waals surface area contributed by atoms with E-state index in [0.717, 1.165) is 5.56 Å². The summed E-state index contributed by atoms with van der Waals surface area (Å²) in [4.78, 5) is 11.2. The fraction of sp³-hybridized carbons (Fsp3) is 0.417. The van der Waals surface area contributed by atoms with E-state index in [1.54, 1.807) is 0 Å². The number of benzene rings is 1. The molecule has 0 unspecified atom stereocenters. The second kappa shape index (κ2) is 6.12. The number of ether oxygens (including phenoxy) is 1. The van der Waals surface area contributed by atoms with Gasteiger partial charge < -0.3 is 15.8 Å². The first-order valence-electron chi connectivity index (χ1n) is 5.39. The molecule has 0 aliphatic heterocycles. The quantitative estimate of drug-likeness (QED) is 0.787. The maximum absolute atomic E-state index is 11.2. The van der Waals surface area contributed by atoms with Gasteiger partial charge in [0, 0.05) is 18.2 Å². The molecule has 0 aliphatic carbocycles. The van der Waals surface area contributed by atoms with E-state index < -0.39 is 0 Å². The average Bonchev–Trinajstić information content (AvgIpc) is 2.27. The van der Waals surface area contributed by atoms with Crippen molar-refractivity contribution in [2.75, 3.05) is 13.2 Å². The third kappa shape index (κ3) is 3.55. The predicted octanol–water partition coefficient (Wildman–Crippen LogP) is 1.22. The van der Waals surface area contributed by atoms with Gasteiger partial charge in [0.05, 0.1) is 0 Å². The Morgan fingerprint density at radius 3 is 2.81 bits per heavy atom. The molecule has 0 aliphatic rings. The molecule has 0 saturated carbocycles. The highest BCUT2D eigenvalue weighted by atomic mass is 16.5. The summed E-state index contributed by atoms with van der Waals surface area (Å²) in [5.41, 5.74) is 6.71. The lowest BCUT2D eigenvalue weighted by Crippen LogP contribution is -2.28. The number of amides is 1. The van der Waals surface area contributed by atoms with Crippen LogP contribution in [0.4, 0.5) is 0 Å². The molecular weight excluding hydrogens is 204 g/mol. The lowest BCUT2D eigenvalue weighted by molar-refractivity contribution is -0.123. The molecule has 3 N–H and O–H groups in total. The zero-order chi connectivity index (χ0) is 12.0. The van der Waals surface area contributed by atoms with E-state index in [4.69, 9.17) is 10.5 Å². The molecule has 1 atom stereocenters. The van der Waals surface area contributed by atoms with Crippen LogP contribution in [-0.4, -0.2) is 19.1 Å². The topological polar surface area (TPSA) is 64.3 Å². The fourth-order valence-electron chi connectivity index (χ4n) is 1.38. The van der Waals surface area contributed by atoms with E-state index in [-0.39, 0.29) is 18.6 Å². The van der Waals surface area contributed by atoms with E-state index in [9.17, 15) is 4.79 Å². The zero-order valence-electron chi connectivity index (χ0n) is 9.69. The number of carbonyl (C=O) groups excluding carboxylic acids is 1. The Bertz CT molecular complexity index is 351. The molecule has 0 radical (unpaired) electrons. The Morgan fingerprint density at radius 1 is 1.50 bits per heavy atom. The van der Waals surface area contributed by atoms with Crippen molar-refractivity contribution < 1.29 is 9.53 Å². The van der Waals surface area contributed by atoms with Gasteiger partial charge in [-0.05, 0) is 19.9 Å². The zero-order valence-corrected chi connectivity index (χ0v) is 9.69. The van der Waals surface area contributed by atoms with Crippen LogP contribution in [-0.2, 0) is 4.79 Å². The highest BCUT2D eigenvalue weighted by Gasteiger charge is 2.08. The van der Waals surface area contributed by atoms with Crippen molar-refractivity contribution in [1.29, 1.82) is 0 Å². The molecule has 4 nitrogen and oxygen atoms in total. The number of carbonyl (C=O) groups is 1. The molecule has 16 heavy (non-hydrogen) atoms. The Morgan fingerprint density at radius 2 is 2.19 bits per heavy atom. The number of para-hydroxylation sites is 1. The van der Waals surface area contributed by atoms with Gasteiger partial charge in [0.1, 0.15) is 5.75 Å². The van der Waals surface area contributed by atoms with Crippen molar-refractivity contribution >= 4 is 5.91 Å². The van der Waals surface area contributed by atoms with Gasteiger partial charge in [0.2, 0.25) is 0 Å². The number of rotatable bonds is 5. The van der Waals surface area contributed by atoms with Gasteiger partial charge in [-0.3, -0.25) is 4.79 Å². The van der Waals surface area contributed by atoms with E-state index in [2.05, 4.69) is 5.32 Å². The highest BCUT2D eigenvalue weighted by molar-refractivity contribution is 5.77. The van der Waals surface area contributed by atoms with Crippen molar-refractivity contribution in [2.45, 2.75) is 19.9 Å². The third-order valence-electron chi connectivity index (χ3n) is 2.14. The van der Waals surface area contributed by atoms with Gasteiger partial charge in [-0.15, -0.1) is 0 Å². The lowest BCUT2D eigenvalue weighted by Gasteiger charge is -2.13. The van der Waals surface area contributed by atoms with Crippen LogP contribution in [0.25, 0.3) is 0 Å². The van der Waals surface area contributed by atoms with Crippen LogP contribution in [0, 0.1) is 0 Å². The third-order valence-corrected chi connectivity index (χ3v) is 2.14. The molecule has 0 aromatic heterocycles. The van der Waals surface area contributed by atoms with Gasteiger partial charge in [-0.25, -0.2) is 0 Å². The van der Waals surface area contributed by atoms with Gasteiger partial charge >= 0.3 is 0 Å². The average molecular weight is 222 g/mol. The Labute approximate surface area is 95.8 Å². The van der Waals surface area contributed by atoms with Crippen LogP contribution < -0.4 is 15.8 Å². The molecule has 4 heteroatoms. The highest BCUT2D eigenvalue weighted by Crippen LogP contribution is 2.22. The van der Waals surface area contributed by atoms with Crippen LogP contribution in [0.3, 0.4) is 0 Å². The second-order valence-corrected chi connectivity index (χ2v) is 3.57. The molecule has 0 saturated heterocycles. The SMILES string of the molecule is CCNC(=O)COc1ccccc1[C@H](C)N. The van der Waals surface area contributed by atoms with Crippen molar-refractivity contribution in [3.8, 4) is 5.75 Å². The molecule has 0 spiro atoms. The molecule has 1 rings (SSSR count). The van der Waals surface area contributed by atoms with Crippen LogP contribution >= 0.6 is 0 Å². The molecule has 0 fully saturated rings. The number of nitrogens with one attached hydrogen (secondary N) is 1. The van der Waals surface area contributed by atoms with Crippen LogP contribution in [0.15, 0.2) is 24.3 Å². The molecule has 88 valence electrons. The lowest BCUT2D eigenvalue weighted by atomic mass is 10.1. The number of likely N-dealkylation sites (N-methyl/N-ethyl adjacent to an activating group) is 1. The Balaban J connectivity index is 2.63. The summed E-state index contributed by atoms with van der Waals surface area (Å²) in [6.07, 6.45) is 0. The van der Waals surface area contributed by atoms with Crippen molar-refractivity contribution in [3.63, 3.8) is 0 Å². The van der Waals surface area contributed by atoms with Gasteiger partial charge in [0.25, 0.3) is 5.91 Å². The second-order valence-electron chi connectivity index (χ2n) is 3.57. The normalized spacial score (nSPS) is 11.9. The smallest absolute Gasteiger partial charge is 0.257 e. The van der Waals surface area contributed by atoms with Crippen molar-refractivity contribution in [1.82, 2.24) is 5.32 Å². The monoisotopic (exact) mass is 222 g/mol. The van der Waals surface area contributed by atoms with E-state index >= 15 is 0 Å². The summed E-state index contributed by atoms with van der Waals surface area (Å²) in [6.45, 7) is 4.39. The summed E-state index contributed by atoms with van der Waals surface area (Å²) >= 11 is 0. The van der Waals surface area contributed by atoms with Gasteiger partial charge in [-0.1, -0.05) is 18.2 Å². The van der Waals surface area contributed by atoms with Crippen LogP contribution in [0.1, 0.15) is 25.5 Å². The summed E-state index contributed by atoms with van der Waals surface area (Å²) < 4.78 is 5.42. The summed E-state index contributed by atoms with van der Waals surface area (Å²) in [5.74, 6) is 0.547. The maximum atomic E-state index is 11.2. The van der Waals surface area contributed by atoms with E-state index in [1.807, 2.05) is 38.1 Å². The minimum absolute atomic E-state index is 0.0254. The molecule has 1 amide bonds. The molecular formula is C12H18N2O2. The summed E-state index contributed by atoms with van der Waals surface area (Å²) in [7, 11) is 0. The predicted molar refractivity (Wildman–Crippen MR) is 63.2 cm³/mol. The first kappa shape index (κ1) is 12.5. The van der Waals surface area contributed by atoms with E-state index in [1.165, 1.54) is 0 Å². The fourth-order valence-corrected chi connectivity index (χ4v) is 1.38. The van der Waals surface area contributed by atoms with Crippen molar-refractivity contribution in [3.05, 3.63) is 29.8 Å².